The Bertz CT molecular complexity index is 281. The minimum absolute atomic E-state index is 0. The molecule has 133 valence electrons. The van der Waals surface area contributed by atoms with Crippen molar-refractivity contribution in [2.24, 2.45) is 0 Å². The second-order valence-electron chi connectivity index (χ2n) is 3.77. The van der Waals surface area contributed by atoms with Gasteiger partial charge in [-0.15, -0.1) is 0 Å². The van der Waals surface area contributed by atoms with Gasteiger partial charge in [-0.2, -0.15) is 0 Å². The number of rotatable bonds is 1. The maximum absolute atomic E-state index is 10.9. The van der Waals surface area contributed by atoms with Crippen molar-refractivity contribution in [3.63, 3.8) is 0 Å². The first-order valence-corrected chi connectivity index (χ1v) is 8.59. The maximum atomic E-state index is 10.9. The van der Waals surface area contributed by atoms with Crippen molar-refractivity contribution in [2.45, 2.75) is 61.0 Å². The van der Waals surface area contributed by atoms with E-state index in [1.807, 2.05) is 85.0 Å². The van der Waals surface area contributed by atoms with Gasteiger partial charge in [0.15, 0.2) is 0 Å². The van der Waals surface area contributed by atoms with Gasteiger partial charge in [-0.25, -0.2) is 0 Å². The molecule has 1 fully saturated rings. The number of morpholine rings is 1. The molecule has 1 heterocycles. The van der Waals surface area contributed by atoms with Crippen LogP contribution >= 0.6 is 0 Å². The highest BCUT2D eigenvalue weighted by Crippen LogP contribution is 2.06. The van der Waals surface area contributed by atoms with Gasteiger partial charge in [0.05, 0.1) is 6.10 Å². The van der Waals surface area contributed by atoms with Crippen LogP contribution in [0.15, 0.2) is 36.4 Å². The van der Waals surface area contributed by atoms with Crippen LogP contribution in [-0.2, 0) is 9.53 Å². The van der Waals surface area contributed by atoms with Gasteiger partial charge >= 0.3 is 0 Å². The van der Waals surface area contributed by atoms with Crippen molar-refractivity contribution in [2.75, 3.05) is 20.2 Å². The molecule has 1 aromatic rings. The van der Waals surface area contributed by atoms with Crippen LogP contribution in [0, 0.1) is 0 Å². The lowest BCUT2D eigenvalue weighted by molar-refractivity contribution is -0.146. The second-order valence-corrected chi connectivity index (χ2v) is 3.77. The first-order chi connectivity index (χ1) is 10.7. The van der Waals surface area contributed by atoms with E-state index in [-0.39, 0.29) is 27.0 Å². The molecule has 1 aliphatic heterocycles. The van der Waals surface area contributed by atoms with E-state index in [0.717, 1.165) is 13.0 Å². The summed E-state index contributed by atoms with van der Waals surface area (Å²) in [5.74, 6) is 0.0877. The fourth-order valence-electron chi connectivity index (χ4n) is 1.39. The van der Waals surface area contributed by atoms with Gasteiger partial charge in [0.2, 0.25) is 5.91 Å². The summed E-state index contributed by atoms with van der Waals surface area (Å²) in [7, 11) is 1.81. The summed E-state index contributed by atoms with van der Waals surface area (Å²) in [6.45, 7) is 15.1. The molecule has 3 nitrogen and oxygen atoms in total. The highest BCUT2D eigenvalue weighted by atomic mass is 16.5. The molecule has 1 aromatic carbocycles. The molecule has 0 saturated carbocycles. The Balaban J connectivity index is -0.000000120. The van der Waals surface area contributed by atoms with E-state index in [2.05, 4.69) is 6.92 Å². The molecule has 1 unspecified atom stereocenters. The molecule has 0 spiro atoms. The van der Waals surface area contributed by atoms with Crippen LogP contribution in [-0.4, -0.2) is 45.5 Å². The standard InChI is InChI=1S/C7H13NO2.C6H6.3C2H6.B/c1-3-6-4-8(2)7(9)5-10-6;1-2-4-6-5-3-1;3*1-2;/h6H,3-5H2,1-2H3;1-6H;3*1-2H3;. The van der Waals surface area contributed by atoms with Crippen LogP contribution in [0.3, 0.4) is 0 Å². The van der Waals surface area contributed by atoms with Crippen molar-refractivity contribution >= 4 is 14.3 Å². The summed E-state index contributed by atoms with van der Waals surface area (Å²) in [5.41, 5.74) is 0. The van der Waals surface area contributed by atoms with Crippen molar-refractivity contribution < 1.29 is 9.53 Å². The highest BCUT2D eigenvalue weighted by molar-refractivity contribution is 5.77. The zero-order valence-corrected chi connectivity index (χ0v) is 16.5. The molecule has 1 atom stereocenters. The number of hydrogen-bond acceptors (Lipinski definition) is 2. The van der Waals surface area contributed by atoms with Gasteiger partial charge in [0.1, 0.15) is 6.61 Å². The third kappa shape index (κ3) is 18.7. The van der Waals surface area contributed by atoms with Gasteiger partial charge in [0.25, 0.3) is 0 Å². The number of ether oxygens (including phenoxy) is 1. The zero-order valence-electron chi connectivity index (χ0n) is 16.5. The Kier molecular flexibility index (Phi) is 33.1. The van der Waals surface area contributed by atoms with Gasteiger partial charge < -0.3 is 9.64 Å². The minimum atomic E-state index is 0. The van der Waals surface area contributed by atoms with Crippen LogP contribution in [0.4, 0.5) is 0 Å². The average molecular weight is 322 g/mol. The lowest BCUT2D eigenvalue weighted by Gasteiger charge is -2.28. The summed E-state index contributed by atoms with van der Waals surface area (Å²) in [6, 6.07) is 12.0. The van der Waals surface area contributed by atoms with E-state index in [1.165, 1.54) is 0 Å². The summed E-state index contributed by atoms with van der Waals surface area (Å²) >= 11 is 0. The predicted octanol–water partition coefficient (Wildman–Crippen LogP) is 4.64. The highest BCUT2D eigenvalue weighted by Gasteiger charge is 2.21. The Labute approximate surface area is 147 Å². The van der Waals surface area contributed by atoms with Crippen LogP contribution in [0.5, 0.6) is 0 Å². The molecule has 4 heteroatoms. The third-order valence-corrected chi connectivity index (χ3v) is 2.47. The number of carbonyl (C=O) groups excluding carboxylic acids is 1. The fraction of sp³-hybridized carbons (Fsp3) is 0.632. The molecule has 2 rings (SSSR count). The summed E-state index contributed by atoms with van der Waals surface area (Å²) in [6.07, 6.45) is 1.24. The Hall–Kier alpha value is -1.29. The zero-order chi connectivity index (χ0) is 17.8. The van der Waals surface area contributed by atoms with Gasteiger partial charge in [-0.1, -0.05) is 84.9 Å². The normalized spacial score (nSPS) is 14.7. The van der Waals surface area contributed by atoms with Gasteiger partial charge in [-0.05, 0) is 6.42 Å². The molecule has 23 heavy (non-hydrogen) atoms. The molecule has 0 aromatic heterocycles. The molecule has 1 aliphatic rings. The molecule has 0 aliphatic carbocycles. The smallest absolute Gasteiger partial charge is 0.248 e. The Morgan fingerprint density at radius 2 is 1.30 bits per heavy atom. The van der Waals surface area contributed by atoms with E-state index in [4.69, 9.17) is 4.74 Å². The number of hydrogen-bond donors (Lipinski definition) is 0. The van der Waals surface area contributed by atoms with Crippen LogP contribution in [0.2, 0.25) is 0 Å². The third-order valence-electron chi connectivity index (χ3n) is 2.47. The first kappa shape index (κ1) is 29.7. The van der Waals surface area contributed by atoms with E-state index in [0.29, 0.717) is 0 Å². The Morgan fingerprint density at radius 3 is 1.57 bits per heavy atom. The monoisotopic (exact) mass is 322 g/mol. The van der Waals surface area contributed by atoms with Crippen molar-refractivity contribution in [3.05, 3.63) is 36.4 Å². The molecule has 1 amide bonds. The number of likely N-dealkylation sites (N-methyl/N-ethyl adjacent to an activating group) is 1. The fourth-order valence-corrected chi connectivity index (χ4v) is 1.39. The van der Waals surface area contributed by atoms with E-state index < -0.39 is 0 Å². The van der Waals surface area contributed by atoms with Crippen molar-refractivity contribution in [1.29, 1.82) is 0 Å². The minimum Gasteiger partial charge on any atom is -0.367 e. The van der Waals surface area contributed by atoms with E-state index in [1.54, 1.807) is 4.90 Å². The van der Waals surface area contributed by atoms with Gasteiger partial charge in [0, 0.05) is 22.0 Å². The lowest BCUT2D eigenvalue weighted by Crippen LogP contribution is -2.43. The summed E-state index contributed by atoms with van der Waals surface area (Å²) in [4.78, 5) is 12.6. The topological polar surface area (TPSA) is 29.5 Å². The number of carbonyl (C=O) groups is 1. The van der Waals surface area contributed by atoms with Crippen LogP contribution < -0.4 is 0 Å². The molecule has 1 saturated heterocycles. The second kappa shape index (κ2) is 25.7. The van der Waals surface area contributed by atoms with Crippen molar-refractivity contribution in [3.8, 4) is 0 Å². The number of benzene rings is 1. The van der Waals surface area contributed by atoms with E-state index >= 15 is 0 Å². The Morgan fingerprint density at radius 1 is 0.957 bits per heavy atom. The molecule has 0 N–H and O–H groups in total. The lowest BCUT2D eigenvalue weighted by atomic mass is 10.2. The number of amides is 1. The van der Waals surface area contributed by atoms with Crippen molar-refractivity contribution in [1.82, 2.24) is 4.90 Å². The van der Waals surface area contributed by atoms with Crippen LogP contribution in [0.1, 0.15) is 54.9 Å². The molecular formula is C19H37BNO2. The van der Waals surface area contributed by atoms with E-state index in [9.17, 15) is 4.79 Å². The van der Waals surface area contributed by atoms with Crippen LogP contribution in [0.25, 0.3) is 0 Å². The average Bonchev–Trinajstić information content (AvgIpc) is 2.64. The van der Waals surface area contributed by atoms with Gasteiger partial charge in [-0.3, -0.25) is 4.79 Å². The predicted molar refractivity (Wildman–Crippen MR) is 104 cm³/mol. The molecular weight excluding hydrogens is 285 g/mol. The summed E-state index contributed by atoms with van der Waals surface area (Å²) < 4.78 is 5.22. The SMILES string of the molecule is CC.CC.CC.CCC1CN(C)C(=O)CO1.[B].c1ccccc1. The molecule has 3 radical (unpaired) electrons. The maximum Gasteiger partial charge on any atom is 0.248 e. The largest absolute Gasteiger partial charge is 0.367 e. The summed E-state index contributed by atoms with van der Waals surface area (Å²) in [5, 5.41) is 0. The first-order valence-electron chi connectivity index (χ1n) is 8.59. The molecule has 0 bridgehead atoms. The number of nitrogens with zero attached hydrogens (tertiary/aromatic N) is 1. The quantitative estimate of drug-likeness (QED) is 0.705.